The molecule has 9 heteroatoms. The predicted octanol–water partition coefficient (Wildman–Crippen LogP) is 3.54. The lowest BCUT2D eigenvalue weighted by molar-refractivity contribution is -0.118. The monoisotopic (exact) mass is 479 g/mol. The van der Waals surface area contributed by atoms with Crippen LogP contribution < -0.4 is 14.8 Å². The van der Waals surface area contributed by atoms with Gasteiger partial charge in [-0.25, -0.2) is 4.98 Å². The summed E-state index contributed by atoms with van der Waals surface area (Å²) < 4.78 is 28.9. The minimum absolute atomic E-state index is 0.0503. The Morgan fingerprint density at radius 3 is 2.55 bits per heavy atom. The van der Waals surface area contributed by atoms with Crippen molar-refractivity contribution < 1.29 is 22.9 Å². The molecular weight excluding hydrogens is 442 g/mol. The van der Waals surface area contributed by atoms with Gasteiger partial charge in [-0.2, -0.15) is 0 Å². The number of carbonyl (C=O) groups excluding carboxylic acids is 1. The fourth-order valence-electron chi connectivity index (χ4n) is 3.40. The van der Waals surface area contributed by atoms with E-state index in [1.54, 1.807) is 33.3 Å². The second-order valence-corrected chi connectivity index (χ2v) is 9.27. The average Bonchev–Trinajstić information content (AvgIpc) is 3.17. The van der Waals surface area contributed by atoms with Gasteiger partial charge >= 0.3 is 0 Å². The Balaban J connectivity index is 1.84. The molecule has 0 spiro atoms. The number of rotatable bonds is 15. The van der Waals surface area contributed by atoms with E-state index in [9.17, 15) is 9.00 Å². The molecule has 8 nitrogen and oxygen atoms in total. The van der Waals surface area contributed by atoms with Gasteiger partial charge in [-0.05, 0) is 57.6 Å². The molecule has 0 saturated heterocycles. The van der Waals surface area contributed by atoms with Gasteiger partial charge in [-0.15, -0.1) is 0 Å². The second-order valence-electron chi connectivity index (χ2n) is 7.81. The molecule has 1 aromatic carbocycles. The van der Waals surface area contributed by atoms with E-state index >= 15 is 0 Å². The van der Waals surface area contributed by atoms with Gasteiger partial charge in [0.1, 0.15) is 11.5 Å². The number of ether oxygens (including phenoxy) is 2. The van der Waals surface area contributed by atoms with Crippen LogP contribution in [0.3, 0.4) is 0 Å². The van der Waals surface area contributed by atoms with Gasteiger partial charge in [-0.1, -0.05) is 20.3 Å². The third-order valence-corrected chi connectivity index (χ3v) is 6.54. The Bertz CT molecular complexity index is 915. The van der Waals surface area contributed by atoms with Crippen LogP contribution in [-0.2, 0) is 21.3 Å². The van der Waals surface area contributed by atoms with Crippen molar-refractivity contribution in [1.82, 2.24) is 15.2 Å². The number of nitrogens with one attached hydrogen (secondary N) is 1. The predicted molar refractivity (Wildman–Crippen MR) is 131 cm³/mol. The SMILES string of the molecule is CCCCN(CC)CCCNC(=O)CS(=O)Cc1nc(-c2ccc(OC)c(OC)c2)oc1C. The zero-order chi connectivity index (χ0) is 24.2. The number of methoxy groups -OCH3 is 2. The van der Waals surface area contributed by atoms with Crippen LogP contribution in [-0.4, -0.2) is 66.2 Å². The summed E-state index contributed by atoms with van der Waals surface area (Å²) in [7, 11) is 1.76. The summed E-state index contributed by atoms with van der Waals surface area (Å²) in [4.78, 5) is 19.1. The number of aryl methyl sites for hydroxylation is 1. The van der Waals surface area contributed by atoms with Crippen LogP contribution in [0.5, 0.6) is 11.5 Å². The fraction of sp³-hybridized carbons (Fsp3) is 0.583. The van der Waals surface area contributed by atoms with Crippen molar-refractivity contribution in [2.75, 3.05) is 46.2 Å². The summed E-state index contributed by atoms with van der Waals surface area (Å²) in [5, 5.41) is 2.88. The maximum atomic E-state index is 12.5. The van der Waals surface area contributed by atoms with Gasteiger partial charge in [0.05, 0.1) is 25.7 Å². The molecule has 2 aromatic rings. The summed E-state index contributed by atoms with van der Waals surface area (Å²) in [5.74, 6) is 2.09. The van der Waals surface area contributed by atoms with Gasteiger partial charge < -0.3 is 24.1 Å². The zero-order valence-electron chi connectivity index (χ0n) is 20.4. The van der Waals surface area contributed by atoms with E-state index in [0.29, 0.717) is 35.4 Å². The summed E-state index contributed by atoms with van der Waals surface area (Å²) in [6.45, 7) is 9.77. The van der Waals surface area contributed by atoms with E-state index in [-0.39, 0.29) is 17.4 Å². The van der Waals surface area contributed by atoms with E-state index in [1.807, 2.05) is 6.07 Å². The van der Waals surface area contributed by atoms with Crippen molar-refractivity contribution in [3.63, 3.8) is 0 Å². The number of oxazole rings is 1. The molecule has 0 aliphatic rings. The number of benzene rings is 1. The maximum Gasteiger partial charge on any atom is 0.232 e. The molecule has 0 fully saturated rings. The van der Waals surface area contributed by atoms with Crippen LogP contribution in [0, 0.1) is 6.92 Å². The quantitative estimate of drug-likeness (QED) is 0.391. The van der Waals surface area contributed by atoms with Crippen molar-refractivity contribution in [1.29, 1.82) is 0 Å². The Hall–Kier alpha value is -2.39. The molecule has 0 bridgehead atoms. The van der Waals surface area contributed by atoms with Crippen LogP contribution in [0.15, 0.2) is 22.6 Å². The standard InChI is InChI=1S/C24H37N3O5S/c1-6-8-13-27(7-2)14-9-12-25-23(28)17-33(29)16-20-18(3)32-24(26-20)19-10-11-21(30-4)22(15-19)31-5/h10-11,15H,6-9,12-14,16-17H2,1-5H3,(H,25,28). The first-order chi connectivity index (χ1) is 15.9. The number of aromatic nitrogens is 1. The smallest absolute Gasteiger partial charge is 0.232 e. The van der Waals surface area contributed by atoms with E-state index in [1.165, 1.54) is 12.8 Å². The van der Waals surface area contributed by atoms with Crippen LogP contribution in [0.25, 0.3) is 11.5 Å². The van der Waals surface area contributed by atoms with E-state index < -0.39 is 10.8 Å². The lowest BCUT2D eigenvalue weighted by Crippen LogP contribution is -2.32. The molecule has 1 amide bonds. The minimum Gasteiger partial charge on any atom is -0.493 e. The number of nitrogens with zero attached hydrogens (tertiary/aromatic N) is 2. The first-order valence-electron chi connectivity index (χ1n) is 11.4. The van der Waals surface area contributed by atoms with Crippen molar-refractivity contribution in [2.24, 2.45) is 0 Å². The largest absolute Gasteiger partial charge is 0.493 e. The van der Waals surface area contributed by atoms with Crippen LogP contribution in [0.1, 0.15) is 44.6 Å². The molecule has 2 rings (SSSR count). The number of hydrogen-bond donors (Lipinski definition) is 1. The fourth-order valence-corrected chi connectivity index (χ4v) is 4.47. The molecule has 0 radical (unpaired) electrons. The number of hydrogen-bond acceptors (Lipinski definition) is 7. The third-order valence-electron chi connectivity index (χ3n) is 5.36. The van der Waals surface area contributed by atoms with E-state index in [0.717, 1.165) is 31.6 Å². The summed E-state index contributed by atoms with van der Waals surface area (Å²) in [6, 6.07) is 5.38. The molecule has 1 heterocycles. The third kappa shape index (κ3) is 8.47. The number of amides is 1. The van der Waals surface area contributed by atoms with Gasteiger partial charge in [0.2, 0.25) is 11.8 Å². The summed E-state index contributed by atoms with van der Waals surface area (Å²) in [6.07, 6.45) is 3.25. The zero-order valence-corrected chi connectivity index (χ0v) is 21.3. The minimum atomic E-state index is -1.38. The lowest BCUT2D eigenvalue weighted by atomic mass is 10.2. The van der Waals surface area contributed by atoms with Gasteiger partial charge in [0.25, 0.3) is 0 Å². The lowest BCUT2D eigenvalue weighted by Gasteiger charge is -2.19. The molecule has 1 atom stereocenters. The Labute approximate surface area is 199 Å². The first-order valence-corrected chi connectivity index (χ1v) is 12.9. The topological polar surface area (TPSA) is 93.9 Å². The second kappa shape index (κ2) is 14.0. The molecule has 0 saturated carbocycles. The average molecular weight is 480 g/mol. The molecular formula is C24H37N3O5S. The normalized spacial score (nSPS) is 12.1. The van der Waals surface area contributed by atoms with Crippen molar-refractivity contribution in [3.8, 4) is 23.0 Å². The van der Waals surface area contributed by atoms with Gasteiger partial charge in [-0.3, -0.25) is 9.00 Å². The van der Waals surface area contributed by atoms with Crippen molar-refractivity contribution >= 4 is 16.7 Å². The van der Waals surface area contributed by atoms with E-state index in [4.69, 9.17) is 13.9 Å². The molecule has 0 aliphatic heterocycles. The highest BCUT2D eigenvalue weighted by atomic mass is 32.2. The van der Waals surface area contributed by atoms with Crippen LogP contribution in [0.4, 0.5) is 0 Å². The number of carbonyl (C=O) groups is 1. The van der Waals surface area contributed by atoms with Crippen molar-refractivity contribution in [2.45, 2.75) is 45.8 Å². The molecule has 184 valence electrons. The summed E-state index contributed by atoms with van der Waals surface area (Å²) in [5.41, 5.74) is 1.31. The van der Waals surface area contributed by atoms with Crippen LogP contribution in [0.2, 0.25) is 0 Å². The molecule has 1 N–H and O–H groups in total. The highest BCUT2D eigenvalue weighted by Gasteiger charge is 2.17. The molecule has 1 unspecified atom stereocenters. The highest BCUT2D eigenvalue weighted by Crippen LogP contribution is 2.32. The Kier molecular flexibility index (Phi) is 11.4. The Morgan fingerprint density at radius 2 is 1.88 bits per heavy atom. The first kappa shape index (κ1) is 26.9. The molecule has 33 heavy (non-hydrogen) atoms. The van der Waals surface area contributed by atoms with Gasteiger partial charge in [0, 0.05) is 22.9 Å². The van der Waals surface area contributed by atoms with Gasteiger partial charge in [0.15, 0.2) is 11.5 Å². The maximum absolute atomic E-state index is 12.5. The Morgan fingerprint density at radius 1 is 1.15 bits per heavy atom. The van der Waals surface area contributed by atoms with E-state index in [2.05, 4.69) is 29.0 Å². The summed E-state index contributed by atoms with van der Waals surface area (Å²) >= 11 is 0. The number of unbranched alkanes of at least 4 members (excludes halogenated alkanes) is 1. The highest BCUT2D eigenvalue weighted by molar-refractivity contribution is 7.84. The van der Waals surface area contributed by atoms with Crippen molar-refractivity contribution in [3.05, 3.63) is 29.7 Å². The molecule has 0 aliphatic carbocycles. The van der Waals surface area contributed by atoms with Crippen LogP contribution >= 0.6 is 0 Å². The molecule has 1 aromatic heterocycles.